The van der Waals surface area contributed by atoms with Gasteiger partial charge in [0.25, 0.3) is 0 Å². The third-order valence-corrected chi connectivity index (χ3v) is 4.04. The molecule has 0 aromatic heterocycles. The zero-order valence-corrected chi connectivity index (χ0v) is 12.3. The summed E-state index contributed by atoms with van der Waals surface area (Å²) < 4.78 is 0.822. The minimum Gasteiger partial charge on any atom is -0.380 e. The average molecular weight is 340 g/mol. The van der Waals surface area contributed by atoms with Crippen molar-refractivity contribution in [2.45, 2.75) is 6.54 Å². The fourth-order valence-electron chi connectivity index (χ4n) is 1.67. The van der Waals surface area contributed by atoms with E-state index in [0.29, 0.717) is 17.1 Å². The molecule has 0 aliphatic heterocycles. The molecule has 2 rings (SSSR count). The van der Waals surface area contributed by atoms with E-state index in [-0.39, 0.29) is 0 Å². The number of benzene rings is 2. The highest BCUT2D eigenvalue weighted by molar-refractivity contribution is 9.10. The van der Waals surface area contributed by atoms with Gasteiger partial charge in [0, 0.05) is 12.1 Å². The Morgan fingerprint density at radius 1 is 1.26 bits per heavy atom. The number of carbonyl (C=O) groups excluding carboxylic acids is 1. The summed E-state index contributed by atoms with van der Waals surface area (Å²) in [6, 6.07) is 12.8. The molecule has 0 fully saturated rings. The molecule has 3 nitrogen and oxygen atoms in total. The zero-order valence-electron chi connectivity index (χ0n) is 9.99. The van der Waals surface area contributed by atoms with E-state index >= 15 is 0 Å². The van der Waals surface area contributed by atoms with Crippen molar-refractivity contribution in [2.24, 2.45) is 5.73 Å². The van der Waals surface area contributed by atoms with Gasteiger partial charge in [-0.25, -0.2) is 0 Å². The van der Waals surface area contributed by atoms with Crippen LogP contribution in [0.25, 0.3) is 0 Å². The second-order valence-corrected chi connectivity index (χ2v) is 5.22. The molecule has 0 heterocycles. The first-order chi connectivity index (χ1) is 9.08. The van der Waals surface area contributed by atoms with Gasteiger partial charge in [-0.1, -0.05) is 29.8 Å². The van der Waals surface area contributed by atoms with Crippen LogP contribution in [0, 0.1) is 0 Å². The lowest BCUT2D eigenvalue weighted by atomic mass is 10.1. The number of anilines is 1. The fourth-order valence-corrected chi connectivity index (χ4v) is 2.25. The Morgan fingerprint density at radius 3 is 2.74 bits per heavy atom. The SMILES string of the molecule is NC(=O)c1cccc(CNc2cccc(Cl)c2Br)c1. The first kappa shape index (κ1) is 13.9. The molecule has 98 valence electrons. The molecule has 3 N–H and O–H groups in total. The largest absolute Gasteiger partial charge is 0.380 e. The number of carbonyl (C=O) groups is 1. The number of hydrogen-bond acceptors (Lipinski definition) is 2. The van der Waals surface area contributed by atoms with Crippen LogP contribution < -0.4 is 11.1 Å². The number of halogens is 2. The normalized spacial score (nSPS) is 10.2. The standard InChI is InChI=1S/C14H12BrClN2O/c15-13-11(16)5-2-6-12(13)18-8-9-3-1-4-10(7-9)14(17)19/h1-7,18H,8H2,(H2,17,19). The Balaban J connectivity index is 2.12. The van der Waals surface area contributed by atoms with Gasteiger partial charge in [0.15, 0.2) is 0 Å². The van der Waals surface area contributed by atoms with Crippen molar-refractivity contribution in [3.05, 3.63) is 63.1 Å². The third-order valence-electron chi connectivity index (χ3n) is 2.65. The number of nitrogens with one attached hydrogen (secondary N) is 1. The van der Waals surface area contributed by atoms with Gasteiger partial charge in [0.05, 0.1) is 15.2 Å². The maximum atomic E-state index is 11.1. The van der Waals surface area contributed by atoms with E-state index in [4.69, 9.17) is 17.3 Å². The quantitative estimate of drug-likeness (QED) is 0.890. The van der Waals surface area contributed by atoms with Gasteiger partial charge in [0.1, 0.15) is 0 Å². The summed E-state index contributed by atoms with van der Waals surface area (Å²) in [7, 11) is 0. The lowest BCUT2D eigenvalue weighted by Crippen LogP contribution is -2.11. The molecule has 0 saturated carbocycles. The van der Waals surface area contributed by atoms with Crippen molar-refractivity contribution in [1.29, 1.82) is 0 Å². The molecule has 2 aromatic carbocycles. The molecule has 0 bridgehead atoms. The van der Waals surface area contributed by atoms with E-state index in [1.807, 2.05) is 30.3 Å². The molecular weight excluding hydrogens is 328 g/mol. The van der Waals surface area contributed by atoms with E-state index in [1.54, 1.807) is 12.1 Å². The summed E-state index contributed by atoms with van der Waals surface area (Å²) in [6.45, 7) is 0.583. The maximum absolute atomic E-state index is 11.1. The van der Waals surface area contributed by atoms with Crippen molar-refractivity contribution in [3.8, 4) is 0 Å². The van der Waals surface area contributed by atoms with Crippen LogP contribution in [0.2, 0.25) is 5.02 Å². The number of rotatable bonds is 4. The smallest absolute Gasteiger partial charge is 0.248 e. The number of hydrogen-bond donors (Lipinski definition) is 2. The Kier molecular flexibility index (Phi) is 4.45. The second-order valence-electron chi connectivity index (χ2n) is 4.02. The monoisotopic (exact) mass is 338 g/mol. The topological polar surface area (TPSA) is 55.1 Å². The number of amides is 1. The van der Waals surface area contributed by atoms with Gasteiger partial charge in [-0.15, -0.1) is 0 Å². The Labute approximate surface area is 124 Å². The highest BCUT2D eigenvalue weighted by Crippen LogP contribution is 2.30. The van der Waals surface area contributed by atoms with Gasteiger partial charge in [-0.2, -0.15) is 0 Å². The van der Waals surface area contributed by atoms with Crippen LogP contribution in [0.5, 0.6) is 0 Å². The fraction of sp³-hybridized carbons (Fsp3) is 0.0714. The van der Waals surface area contributed by atoms with Gasteiger partial charge in [-0.3, -0.25) is 4.79 Å². The molecule has 0 atom stereocenters. The maximum Gasteiger partial charge on any atom is 0.248 e. The van der Waals surface area contributed by atoms with Crippen LogP contribution in [0.4, 0.5) is 5.69 Å². The third kappa shape index (κ3) is 3.49. The van der Waals surface area contributed by atoms with Gasteiger partial charge < -0.3 is 11.1 Å². The van der Waals surface area contributed by atoms with Crippen LogP contribution in [0.3, 0.4) is 0 Å². The van der Waals surface area contributed by atoms with Crippen molar-refractivity contribution >= 4 is 39.1 Å². The van der Waals surface area contributed by atoms with Gasteiger partial charge in [0.2, 0.25) is 5.91 Å². The predicted octanol–water partition coefficient (Wildman–Crippen LogP) is 3.81. The molecule has 5 heteroatoms. The summed E-state index contributed by atoms with van der Waals surface area (Å²) in [5, 5.41) is 3.90. The van der Waals surface area contributed by atoms with E-state index in [9.17, 15) is 4.79 Å². The minimum atomic E-state index is -0.425. The van der Waals surface area contributed by atoms with Crippen molar-refractivity contribution in [3.63, 3.8) is 0 Å². The Hall–Kier alpha value is -1.52. The first-order valence-electron chi connectivity index (χ1n) is 5.64. The molecule has 2 aromatic rings. The molecule has 0 radical (unpaired) electrons. The van der Waals surface area contributed by atoms with E-state index in [1.165, 1.54) is 0 Å². The molecule has 0 aliphatic carbocycles. The first-order valence-corrected chi connectivity index (χ1v) is 6.81. The molecule has 0 saturated heterocycles. The summed E-state index contributed by atoms with van der Waals surface area (Å²) in [4.78, 5) is 11.1. The summed E-state index contributed by atoms with van der Waals surface area (Å²) in [5.74, 6) is -0.425. The molecular formula is C14H12BrClN2O. The van der Waals surface area contributed by atoms with Crippen LogP contribution >= 0.6 is 27.5 Å². The van der Waals surface area contributed by atoms with E-state index in [2.05, 4.69) is 21.2 Å². The number of nitrogens with two attached hydrogens (primary N) is 1. The molecule has 0 aliphatic rings. The van der Waals surface area contributed by atoms with Gasteiger partial charge in [-0.05, 0) is 45.8 Å². The molecule has 0 unspecified atom stereocenters. The lowest BCUT2D eigenvalue weighted by molar-refractivity contribution is 0.1000. The van der Waals surface area contributed by atoms with Gasteiger partial charge >= 0.3 is 0 Å². The molecule has 0 spiro atoms. The van der Waals surface area contributed by atoms with Crippen LogP contribution in [0.15, 0.2) is 46.9 Å². The summed E-state index contributed by atoms with van der Waals surface area (Å²) in [6.07, 6.45) is 0. The second kappa shape index (κ2) is 6.08. The summed E-state index contributed by atoms with van der Waals surface area (Å²) in [5.41, 5.74) is 7.63. The minimum absolute atomic E-state index is 0.425. The van der Waals surface area contributed by atoms with Crippen LogP contribution in [-0.2, 0) is 6.54 Å². The van der Waals surface area contributed by atoms with Crippen molar-refractivity contribution in [2.75, 3.05) is 5.32 Å². The molecule has 19 heavy (non-hydrogen) atoms. The van der Waals surface area contributed by atoms with Crippen molar-refractivity contribution in [1.82, 2.24) is 0 Å². The zero-order chi connectivity index (χ0) is 13.8. The van der Waals surface area contributed by atoms with Crippen LogP contribution in [0.1, 0.15) is 15.9 Å². The van der Waals surface area contributed by atoms with E-state index < -0.39 is 5.91 Å². The average Bonchev–Trinajstić information content (AvgIpc) is 2.41. The Bertz CT molecular complexity index is 616. The van der Waals surface area contributed by atoms with E-state index in [0.717, 1.165) is 15.7 Å². The molecule has 1 amide bonds. The lowest BCUT2D eigenvalue weighted by Gasteiger charge is -2.10. The highest BCUT2D eigenvalue weighted by atomic mass is 79.9. The number of primary amides is 1. The van der Waals surface area contributed by atoms with Crippen molar-refractivity contribution < 1.29 is 4.79 Å². The van der Waals surface area contributed by atoms with Crippen LogP contribution in [-0.4, -0.2) is 5.91 Å². The summed E-state index contributed by atoms with van der Waals surface area (Å²) >= 11 is 9.44. The predicted molar refractivity (Wildman–Crippen MR) is 81.4 cm³/mol. The highest BCUT2D eigenvalue weighted by Gasteiger charge is 2.04. The Morgan fingerprint density at radius 2 is 2.00 bits per heavy atom.